The minimum absolute atomic E-state index is 0.128. The summed E-state index contributed by atoms with van der Waals surface area (Å²) in [5.74, 6) is -0.889. The normalized spacial score (nSPS) is 23.3. The first-order chi connectivity index (χ1) is 14.4. The molecule has 0 bridgehead atoms. The number of aryl methyl sites for hydroxylation is 1. The third kappa shape index (κ3) is 3.35. The van der Waals surface area contributed by atoms with Crippen LogP contribution in [0.4, 0.5) is 11.4 Å². The lowest BCUT2D eigenvalue weighted by Gasteiger charge is -2.30. The third-order valence-electron chi connectivity index (χ3n) is 6.05. The first-order valence-corrected chi connectivity index (χ1v) is 10.6. The second-order valence-electron chi connectivity index (χ2n) is 8.28. The highest BCUT2D eigenvalue weighted by Gasteiger charge is 2.59. The number of para-hydroxylation sites is 1. The van der Waals surface area contributed by atoms with Crippen molar-refractivity contribution in [3.8, 4) is 0 Å². The molecule has 30 heavy (non-hydrogen) atoms. The number of benzene rings is 2. The summed E-state index contributed by atoms with van der Waals surface area (Å²) in [5.41, 5.74) is 3.97. The zero-order valence-electron chi connectivity index (χ0n) is 18.0. The molecular weight excluding hydrogens is 378 g/mol. The van der Waals surface area contributed by atoms with Gasteiger partial charge in [0.1, 0.15) is 5.92 Å². The van der Waals surface area contributed by atoms with Crippen molar-refractivity contribution < 1.29 is 14.4 Å². The number of carbonyl (C=O) groups excluding carboxylic acids is 2. The van der Waals surface area contributed by atoms with Gasteiger partial charge in [-0.2, -0.15) is 0 Å². The van der Waals surface area contributed by atoms with E-state index in [1.807, 2.05) is 74.4 Å². The van der Waals surface area contributed by atoms with Gasteiger partial charge in [0.2, 0.25) is 5.91 Å². The maximum absolute atomic E-state index is 13.3. The van der Waals surface area contributed by atoms with Crippen LogP contribution in [0.15, 0.2) is 48.5 Å². The predicted molar refractivity (Wildman–Crippen MR) is 117 cm³/mol. The van der Waals surface area contributed by atoms with Gasteiger partial charge in [-0.1, -0.05) is 43.7 Å². The molecule has 2 aromatic rings. The fraction of sp³-hybridized carbons (Fsp3) is 0.417. The Labute approximate surface area is 178 Å². The molecule has 6 heteroatoms. The number of hydrogen-bond acceptors (Lipinski definition) is 5. The Morgan fingerprint density at radius 1 is 1.00 bits per heavy atom. The number of amides is 2. The Morgan fingerprint density at radius 2 is 1.70 bits per heavy atom. The molecule has 0 radical (unpaired) electrons. The van der Waals surface area contributed by atoms with Crippen LogP contribution in [0, 0.1) is 12.8 Å². The average molecular weight is 408 g/mol. The fourth-order valence-electron chi connectivity index (χ4n) is 4.34. The van der Waals surface area contributed by atoms with Crippen molar-refractivity contribution in [3.63, 3.8) is 0 Å². The molecule has 158 valence electrons. The molecule has 0 unspecified atom stereocenters. The van der Waals surface area contributed by atoms with Crippen LogP contribution in [-0.4, -0.2) is 43.5 Å². The number of unbranched alkanes of at least 4 members (excludes halogenated alkanes) is 1. The van der Waals surface area contributed by atoms with Gasteiger partial charge >= 0.3 is 0 Å². The van der Waals surface area contributed by atoms with Crippen LogP contribution in [0.25, 0.3) is 0 Å². The first kappa shape index (κ1) is 20.4. The molecule has 6 nitrogen and oxygen atoms in total. The van der Waals surface area contributed by atoms with E-state index in [-0.39, 0.29) is 17.9 Å². The lowest BCUT2D eigenvalue weighted by atomic mass is 9.90. The van der Waals surface area contributed by atoms with E-state index in [1.54, 1.807) is 5.06 Å². The van der Waals surface area contributed by atoms with Crippen LogP contribution >= 0.6 is 0 Å². The van der Waals surface area contributed by atoms with Gasteiger partial charge in [-0.05, 0) is 42.7 Å². The quantitative estimate of drug-likeness (QED) is 0.684. The predicted octanol–water partition coefficient (Wildman–Crippen LogP) is 3.71. The summed E-state index contributed by atoms with van der Waals surface area (Å²) < 4.78 is 0. The fourth-order valence-corrected chi connectivity index (χ4v) is 4.34. The van der Waals surface area contributed by atoms with Crippen LogP contribution in [-0.2, 0) is 14.4 Å². The highest BCUT2D eigenvalue weighted by molar-refractivity contribution is 6.07. The summed E-state index contributed by atoms with van der Waals surface area (Å²) in [6.07, 6.45) is 0.964. The molecule has 0 spiro atoms. The molecule has 2 aliphatic rings. The van der Waals surface area contributed by atoms with E-state index >= 15 is 0 Å². The Kier molecular flexibility index (Phi) is 5.52. The number of hydrogen-bond donors (Lipinski definition) is 0. The van der Waals surface area contributed by atoms with Crippen LogP contribution in [0.1, 0.15) is 36.9 Å². The number of anilines is 2. The lowest BCUT2D eigenvalue weighted by Crippen LogP contribution is -2.38. The van der Waals surface area contributed by atoms with E-state index in [2.05, 4.69) is 6.92 Å². The third-order valence-corrected chi connectivity index (χ3v) is 6.05. The summed E-state index contributed by atoms with van der Waals surface area (Å²) in [7, 11) is 3.99. The molecule has 2 fully saturated rings. The number of rotatable bonds is 6. The van der Waals surface area contributed by atoms with Crippen molar-refractivity contribution in [1.29, 1.82) is 0 Å². The second kappa shape index (κ2) is 8.11. The van der Waals surface area contributed by atoms with Gasteiger partial charge in [0.25, 0.3) is 5.91 Å². The molecule has 0 aliphatic carbocycles. The van der Waals surface area contributed by atoms with Crippen molar-refractivity contribution >= 4 is 23.2 Å². The summed E-state index contributed by atoms with van der Waals surface area (Å²) in [4.78, 5) is 36.0. The van der Waals surface area contributed by atoms with Gasteiger partial charge < -0.3 is 4.90 Å². The van der Waals surface area contributed by atoms with Crippen molar-refractivity contribution in [1.82, 2.24) is 4.90 Å². The molecule has 0 saturated carbocycles. The number of fused-ring (bicyclic) bond motifs is 1. The van der Waals surface area contributed by atoms with Crippen molar-refractivity contribution in [2.45, 2.75) is 38.8 Å². The number of carbonyl (C=O) groups is 2. The molecule has 4 rings (SSSR count). The smallest absolute Gasteiger partial charge is 0.261 e. The van der Waals surface area contributed by atoms with Gasteiger partial charge in [0.15, 0.2) is 6.10 Å². The standard InChI is InChI=1S/C24H29N3O3/c1-5-6-15-26-23(28)20-21(17-11-13-18(14-12-17)25(3)4)27(30-22(20)24(26)29)19-10-8-7-9-16(19)2/h7-14,20-22H,5-6,15H2,1-4H3/t20-,21-,22+/m0/s1. The maximum atomic E-state index is 13.3. The first-order valence-electron chi connectivity index (χ1n) is 10.6. The highest BCUT2D eigenvalue weighted by Crippen LogP contribution is 2.47. The highest BCUT2D eigenvalue weighted by atomic mass is 16.7. The number of hydroxylamine groups is 1. The monoisotopic (exact) mass is 407 g/mol. The summed E-state index contributed by atoms with van der Waals surface area (Å²) in [6, 6.07) is 15.7. The van der Waals surface area contributed by atoms with Gasteiger partial charge in [-0.25, -0.2) is 5.06 Å². The topological polar surface area (TPSA) is 53.1 Å². The SMILES string of the molecule is CCCCN1C(=O)[C@@H]2[C@@H](ON(c3ccccc3C)[C@H]2c2ccc(N(C)C)cc2)C1=O. The minimum atomic E-state index is -0.771. The van der Waals surface area contributed by atoms with Crippen molar-refractivity contribution in [2.75, 3.05) is 30.6 Å². The molecule has 0 aromatic heterocycles. The Balaban J connectivity index is 1.75. The van der Waals surface area contributed by atoms with Gasteiger partial charge in [0.05, 0.1) is 11.7 Å². The molecule has 2 heterocycles. The van der Waals surface area contributed by atoms with E-state index in [1.165, 1.54) is 4.90 Å². The van der Waals surface area contributed by atoms with Crippen LogP contribution in [0.2, 0.25) is 0 Å². The molecular formula is C24H29N3O3. The van der Waals surface area contributed by atoms with E-state index in [9.17, 15) is 9.59 Å². The molecule has 2 amide bonds. The van der Waals surface area contributed by atoms with Crippen LogP contribution < -0.4 is 9.96 Å². The molecule has 0 N–H and O–H groups in total. The molecule has 3 atom stereocenters. The van der Waals surface area contributed by atoms with Crippen molar-refractivity contribution in [3.05, 3.63) is 59.7 Å². The Morgan fingerprint density at radius 3 is 2.33 bits per heavy atom. The van der Waals surface area contributed by atoms with Crippen LogP contribution in [0.3, 0.4) is 0 Å². The zero-order chi connectivity index (χ0) is 21.4. The number of likely N-dealkylation sites (tertiary alicyclic amines) is 1. The van der Waals surface area contributed by atoms with E-state index in [4.69, 9.17) is 4.84 Å². The molecule has 2 aromatic carbocycles. The lowest BCUT2D eigenvalue weighted by molar-refractivity contribution is -0.143. The number of imide groups is 1. The van der Waals surface area contributed by atoms with E-state index < -0.39 is 12.0 Å². The summed E-state index contributed by atoms with van der Waals surface area (Å²) in [5, 5.41) is 1.78. The van der Waals surface area contributed by atoms with Crippen molar-refractivity contribution in [2.24, 2.45) is 5.92 Å². The molecule has 2 saturated heterocycles. The average Bonchev–Trinajstić information content (AvgIpc) is 3.23. The van der Waals surface area contributed by atoms with Gasteiger partial charge in [-0.15, -0.1) is 0 Å². The van der Waals surface area contributed by atoms with E-state index in [0.717, 1.165) is 35.3 Å². The maximum Gasteiger partial charge on any atom is 0.261 e. The minimum Gasteiger partial charge on any atom is -0.378 e. The summed E-state index contributed by atoms with van der Waals surface area (Å²) >= 11 is 0. The Bertz CT molecular complexity index is 941. The zero-order valence-corrected chi connectivity index (χ0v) is 18.0. The summed E-state index contributed by atoms with van der Waals surface area (Å²) in [6.45, 7) is 4.52. The molecule has 2 aliphatic heterocycles. The Hall–Kier alpha value is -2.86. The second-order valence-corrected chi connectivity index (χ2v) is 8.28. The largest absolute Gasteiger partial charge is 0.378 e. The van der Waals surface area contributed by atoms with Crippen LogP contribution in [0.5, 0.6) is 0 Å². The van der Waals surface area contributed by atoms with E-state index in [0.29, 0.717) is 6.54 Å². The van der Waals surface area contributed by atoms with Gasteiger partial charge in [-0.3, -0.25) is 19.3 Å². The number of nitrogens with zero attached hydrogens (tertiary/aromatic N) is 3. The van der Waals surface area contributed by atoms with Gasteiger partial charge in [0, 0.05) is 26.3 Å².